The normalized spacial score (nSPS) is 35.6. The SMILES string of the molecule is O=C(NCCS)C12CCC(C(F)(F)F)(CC1)CC2. The molecule has 6 heteroatoms. The summed E-state index contributed by atoms with van der Waals surface area (Å²) in [5.41, 5.74) is -2.06. The lowest BCUT2D eigenvalue weighted by molar-refractivity contribution is -0.258. The van der Waals surface area contributed by atoms with Gasteiger partial charge in [0.25, 0.3) is 0 Å². The minimum Gasteiger partial charge on any atom is -0.355 e. The maximum absolute atomic E-state index is 13.0. The number of hydrogen-bond acceptors (Lipinski definition) is 2. The van der Waals surface area contributed by atoms with E-state index in [1.807, 2.05) is 0 Å². The monoisotopic (exact) mass is 281 g/mol. The lowest BCUT2D eigenvalue weighted by Crippen LogP contribution is -2.54. The van der Waals surface area contributed by atoms with Gasteiger partial charge in [0.2, 0.25) is 5.91 Å². The first kappa shape index (κ1) is 14.0. The largest absolute Gasteiger partial charge is 0.394 e. The number of halogens is 3. The van der Waals surface area contributed by atoms with E-state index in [0.717, 1.165) is 0 Å². The Morgan fingerprint density at radius 1 is 1.11 bits per heavy atom. The van der Waals surface area contributed by atoms with E-state index in [9.17, 15) is 18.0 Å². The van der Waals surface area contributed by atoms with Crippen molar-refractivity contribution in [1.29, 1.82) is 0 Å². The van der Waals surface area contributed by atoms with E-state index in [2.05, 4.69) is 17.9 Å². The van der Waals surface area contributed by atoms with E-state index in [-0.39, 0.29) is 25.2 Å². The van der Waals surface area contributed by atoms with Crippen LogP contribution in [-0.2, 0) is 4.79 Å². The molecule has 0 unspecified atom stereocenters. The van der Waals surface area contributed by atoms with Crippen LogP contribution in [0.2, 0.25) is 0 Å². The number of fused-ring (bicyclic) bond motifs is 3. The number of nitrogens with one attached hydrogen (secondary N) is 1. The molecule has 0 spiro atoms. The standard InChI is InChI=1S/C12H18F3NOS/c13-12(14,15)11-4-1-10(2-5-11,3-6-11)9(17)16-7-8-18/h18H,1-8H2,(H,16,17). The molecule has 1 amide bonds. The molecule has 3 rings (SSSR count). The van der Waals surface area contributed by atoms with Crippen molar-refractivity contribution in [1.82, 2.24) is 5.32 Å². The first-order valence-electron chi connectivity index (χ1n) is 6.31. The van der Waals surface area contributed by atoms with Crippen LogP contribution in [0.15, 0.2) is 0 Å². The van der Waals surface area contributed by atoms with Crippen LogP contribution in [0.3, 0.4) is 0 Å². The quantitative estimate of drug-likeness (QED) is 0.765. The van der Waals surface area contributed by atoms with Crippen molar-refractivity contribution in [3.05, 3.63) is 0 Å². The maximum Gasteiger partial charge on any atom is 0.394 e. The van der Waals surface area contributed by atoms with Gasteiger partial charge in [-0.05, 0) is 38.5 Å². The minimum absolute atomic E-state index is 0.0768. The van der Waals surface area contributed by atoms with Gasteiger partial charge in [-0.15, -0.1) is 0 Å². The van der Waals surface area contributed by atoms with Gasteiger partial charge in [0.05, 0.1) is 5.41 Å². The minimum atomic E-state index is -4.12. The van der Waals surface area contributed by atoms with Crippen LogP contribution in [-0.4, -0.2) is 24.4 Å². The van der Waals surface area contributed by atoms with E-state index < -0.39 is 17.0 Å². The number of rotatable bonds is 3. The lowest BCUT2D eigenvalue weighted by atomic mass is 9.53. The molecule has 3 saturated carbocycles. The van der Waals surface area contributed by atoms with Crippen LogP contribution in [0, 0.1) is 10.8 Å². The molecule has 1 N–H and O–H groups in total. The smallest absolute Gasteiger partial charge is 0.355 e. The predicted molar refractivity (Wildman–Crippen MR) is 65.5 cm³/mol. The van der Waals surface area contributed by atoms with Crippen LogP contribution in [0.25, 0.3) is 0 Å². The fraction of sp³-hybridized carbons (Fsp3) is 0.917. The highest BCUT2D eigenvalue weighted by Crippen LogP contribution is 2.62. The van der Waals surface area contributed by atoms with Gasteiger partial charge in [0.1, 0.15) is 0 Å². The second-order valence-corrected chi connectivity index (χ2v) is 5.99. The summed E-state index contributed by atoms with van der Waals surface area (Å²) in [5, 5.41) is 2.77. The second kappa shape index (κ2) is 4.62. The molecule has 0 aromatic rings. The molecule has 3 fully saturated rings. The van der Waals surface area contributed by atoms with Gasteiger partial charge >= 0.3 is 6.18 Å². The first-order valence-corrected chi connectivity index (χ1v) is 6.94. The molecular weight excluding hydrogens is 263 g/mol. The summed E-state index contributed by atoms with van der Waals surface area (Å²) in [5.74, 6) is 0.473. The maximum atomic E-state index is 13.0. The summed E-state index contributed by atoms with van der Waals surface area (Å²) in [6.45, 7) is 0.480. The highest BCUT2D eigenvalue weighted by molar-refractivity contribution is 7.80. The number of carbonyl (C=O) groups excluding carboxylic acids is 1. The molecule has 0 saturated heterocycles. The molecule has 0 heterocycles. The molecule has 0 radical (unpaired) electrons. The van der Waals surface area contributed by atoms with Gasteiger partial charge in [-0.3, -0.25) is 4.79 Å². The Balaban J connectivity index is 2.06. The molecule has 18 heavy (non-hydrogen) atoms. The van der Waals surface area contributed by atoms with Crippen LogP contribution < -0.4 is 5.32 Å². The van der Waals surface area contributed by atoms with E-state index >= 15 is 0 Å². The van der Waals surface area contributed by atoms with Gasteiger partial charge in [0, 0.05) is 17.7 Å². The summed E-state index contributed by atoms with van der Waals surface area (Å²) in [6, 6.07) is 0. The molecule has 2 nitrogen and oxygen atoms in total. The van der Waals surface area contributed by atoms with E-state index in [1.54, 1.807) is 0 Å². The highest BCUT2D eigenvalue weighted by atomic mass is 32.1. The van der Waals surface area contributed by atoms with Crippen molar-refractivity contribution in [3.63, 3.8) is 0 Å². The van der Waals surface area contributed by atoms with Gasteiger partial charge in [-0.1, -0.05) is 0 Å². The van der Waals surface area contributed by atoms with Gasteiger partial charge in [-0.25, -0.2) is 0 Å². The zero-order chi connectivity index (χ0) is 13.4. The predicted octanol–water partition coefficient (Wildman–Crippen LogP) is 2.94. The molecule has 0 aromatic carbocycles. The summed E-state index contributed by atoms with van der Waals surface area (Å²) >= 11 is 4.01. The van der Waals surface area contributed by atoms with Crippen molar-refractivity contribution >= 4 is 18.5 Å². The van der Waals surface area contributed by atoms with Crippen molar-refractivity contribution in [3.8, 4) is 0 Å². The summed E-state index contributed by atoms with van der Waals surface area (Å²) < 4.78 is 39.1. The van der Waals surface area contributed by atoms with E-state index in [4.69, 9.17) is 0 Å². The molecule has 0 atom stereocenters. The Kier molecular flexibility index (Phi) is 3.60. The summed E-state index contributed by atoms with van der Waals surface area (Å²) in [6.07, 6.45) is -2.72. The number of amides is 1. The molecule has 0 aromatic heterocycles. The molecule has 0 aliphatic heterocycles. The molecule has 3 aliphatic carbocycles. The third-order valence-electron chi connectivity index (χ3n) is 4.73. The van der Waals surface area contributed by atoms with Gasteiger partial charge in [0.15, 0.2) is 0 Å². The Labute approximate surface area is 110 Å². The number of hydrogen-bond donors (Lipinski definition) is 2. The highest BCUT2D eigenvalue weighted by Gasteiger charge is 2.62. The fourth-order valence-electron chi connectivity index (χ4n) is 3.31. The molecule has 2 bridgehead atoms. The van der Waals surface area contributed by atoms with E-state index in [0.29, 0.717) is 31.6 Å². The lowest BCUT2D eigenvalue weighted by Gasteiger charge is -2.52. The average molecular weight is 281 g/mol. The zero-order valence-electron chi connectivity index (χ0n) is 10.1. The van der Waals surface area contributed by atoms with Crippen LogP contribution in [0.5, 0.6) is 0 Å². The van der Waals surface area contributed by atoms with Crippen molar-refractivity contribution in [2.24, 2.45) is 10.8 Å². The average Bonchev–Trinajstić information content (AvgIpc) is 2.36. The van der Waals surface area contributed by atoms with Crippen molar-refractivity contribution in [2.45, 2.75) is 44.7 Å². The Hall–Kier alpha value is -0.390. The Morgan fingerprint density at radius 3 is 2.00 bits per heavy atom. The number of thiol groups is 1. The topological polar surface area (TPSA) is 29.1 Å². The third-order valence-corrected chi connectivity index (χ3v) is 4.95. The van der Waals surface area contributed by atoms with Gasteiger partial charge in [-0.2, -0.15) is 25.8 Å². The summed E-state index contributed by atoms with van der Waals surface area (Å²) in [7, 11) is 0. The Bertz CT molecular complexity index is 318. The van der Waals surface area contributed by atoms with E-state index in [1.165, 1.54) is 0 Å². The van der Waals surface area contributed by atoms with Crippen LogP contribution in [0.4, 0.5) is 13.2 Å². The van der Waals surface area contributed by atoms with Crippen molar-refractivity contribution in [2.75, 3.05) is 12.3 Å². The molecule has 104 valence electrons. The second-order valence-electron chi connectivity index (χ2n) is 5.54. The van der Waals surface area contributed by atoms with Crippen LogP contribution >= 0.6 is 12.6 Å². The number of alkyl halides is 3. The number of carbonyl (C=O) groups is 1. The summed E-state index contributed by atoms with van der Waals surface area (Å²) in [4.78, 5) is 12.1. The first-order chi connectivity index (χ1) is 8.35. The van der Waals surface area contributed by atoms with Gasteiger partial charge < -0.3 is 5.32 Å². The Morgan fingerprint density at radius 2 is 1.61 bits per heavy atom. The third kappa shape index (κ3) is 2.12. The molecular formula is C12H18F3NOS. The van der Waals surface area contributed by atoms with Crippen LogP contribution in [0.1, 0.15) is 38.5 Å². The fourth-order valence-corrected chi connectivity index (χ4v) is 3.42. The zero-order valence-corrected chi connectivity index (χ0v) is 11.0. The molecule has 3 aliphatic rings. The van der Waals surface area contributed by atoms with Crippen molar-refractivity contribution < 1.29 is 18.0 Å².